The lowest BCUT2D eigenvalue weighted by atomic mass is 10.2. The zero-order valence-corrected chi connectivity index (χ0v) is 15.6. The van der Waals surface area contributed by atoms with Crippen LogP contribution in [-0.4, -0.2) is 30.5 Å². The van der Waals surface area contributed by atoms with E-state index in [0.717, 1.165) is 4.68 Å². The Bertz CT molecular complexity index is 1340. The number of fused-ring (bicyclic) bond motifs is 2. The molecule has 146 valence electrons. The van der Waals surface area contributed by atoms with Gasteiger partial charge in [-0.15, -0.1) is 5.10 Å². The lowest BCUT2D eigenvalue weighted by Crippen LogP contribution is -2.27. The molecule has 4 aromatic rings. The van der Waals surface area contributed by atoms with Gasteiger partial charge in [0.25, 0.3) is 11.1 Å². The largest absolute Gasteiger partial charge is 0.442 e. The van der Waals surface area contributed by atoms with Gasteiger partial charge in [0.1, 0.15) is 11.3 Å². The van der Waals surface area contributed by atoms with Crippen LogP contribution in [0.25, 0.3) is 21.8 Å². The van der Waals surface area contributed by atoms with E-state index in [1.165, 1.54) is 4.57 Å². The Balaban J connectivity index is 1.44. The van der Waals surface area contributed by atoms with Gasteiger partial charge in [-0.1, -0.05) is 29.5 Å². The molecular formula is C20H17N5O4. The first-order valence-electron chi connectivity index (χ1n) is 8.97. The molecule has 0 bridgehead atoms. The zero-order valence-electron chi connectivity index (χ0n) is 15.6. The number of hydrogen-bond acceptors (Lipinski definition) is 7. The molecule has 0 saturated heterocycles. The van der Waals surface area contributed by atoms with Crippen LogP contribution < -0.4 is 11.1 Å². The zero-order chi connectivity index (χ0) is 20.4. The van der Waals surface area contributed by atoms with Gasteiger partial charge in [-0.3, -0.25) is 19.0 Å². The summed E-state index contributed by atoms with van der Waals surface area (Å²) in [5, 5.41) is 8.63. The summed E-state index contributed by atoms with van der Waals surface area (Å²) in [7, 11) is 1.62. The van der Waals surface area contributed by atoms with E-state index in [9.17, 15) is 14.4 Å². The molecule has 0 unspecified atom stereocenters. The summed E-state index contributed by atoms with van der Waals surface area (Å²) in [5.41, 5.74) is 0.499. The van der Waals surface area contributed by atoms with Crippen LogP contribution in [0.1, 0.15) is 12.2 Å². The molecular weight excluding hydrogens is 374 g/mol. The molecule has 0 aliphatic carbocycles. The van der Waals surface area contributed by atoms with Crippen LogP contribution in [-0.2, 0) is 29.7 Å². The van der Waals surface area contributed by atoms with E-state index < -0.39 is 5.97 Å². The van der Waals surface area contributed by atoms with Gasteiger partial charge in [0.05, 0.1) is 22.7 Å². The molecule has 0 aliphatic heterocycles. The summed E-state index contributed by atoms with van der Waals surface area (Å²) in [6.07, 6.45) is 0.238. The lowest BCUT2D eigenvalue weighted by Gasteiger charge is -2.09. The highest BCUT2D eigenvalue weighted by atomic mass is 16.5. The van der Waals surface area contributed by atoms with E-state index in [-0.39, 0.29) is 30.7 Å². The number of rotatable bonds is 5. The van der Waals surface area contributed by atoms with Gasteiger partial charge in [-0.05, 0) is 24.3 Å². The van der Waals surface area contributed by atoms with Crippen LogP contribution in [0.15, 0.2) is 58.1 Å². The SMILES string of the molecule is Cn1c(CCC(=O)OCn2nnc3ccccc3c2=O)nc2ccccc2c1=O. The number of nitrogens with zero attached hydrogens (tertiary/aromatic N) is 5. The third-order valence-corrected chi connectivity index (χ3v) is 4.61. The van der Waals surface area contributed by atoms with E-state index in [2.05, 4.69) is 15.3 Å². The smallest absolute Gasteiger partial charge is 0.308 e. The molecule has 4 rings (SSSR count). The van der Waals surface area contributed by atoms with Crippen molar-refractivity contribution in [1.29, 1.82) is 0 Å². The highest BCUT2D eigenvalue weighted by Gasteiger charge is 2.12. The van der Waals surface area contributed by atoms with Gasteiger partial charge >= 0.3 is 5.97 Å². The lowest BCUT2D eigenvalue weighted by molar-refractivity contribution is -0.148. The molecule has 0 radical (unpaired) electrons. The van der Waals surface area contributed by atoms with Crippen molar-refractivity contribution in [1.82, 2.24) is 24.5 Å². The number of carbonyl (C=O) groups is 1. The molecule has 29 heavy (non-hydrogen) atoms. The fourth-order valence-electron chi connectivity index (χ4n) is 3.01. The third kappa shape index (κ3) is 3.62. The highest BCUT2D eigenvalue weighted by molar-refractivity contribution is 5.77. The minimum Gasteiger partial charge on any atom is -0.442 e. The summed E-state index contributed by atoms with van der Waals surface area (Å²) >= 11 is 0. The van der Waals surface area contributed by atoms with Crippen molar-refractivity contribution in [2.24, 2.45) is 7.05 Å². The molecule has 9 heteroatoms. The van der Waals surface area contributed by atoms with Crippen LogP contribution in [0.4, 0.5) is 0 Å². The average Bonchev–Trinajstić information content (AvgIpc) is 2.75. The van der Waals surface area contributed by atoms with Gasteiger partial charge in [0.15, 0.2) is 6.73 Å². The van der Waals surface area contributed by atoms with Crippen molar-refractivity contribution in [3.8, 4) is 0 Å². The second-order valence-electron chi connectivity index (χ2n) is 6.47. The predicted octanol–water partition coefficient (Wildman–Crippen LogP) is 1.17. The van der Waals surface area contributed by atoms with Gasteiger partial charge in [0, 0.05) is 13.5 Å². The van der Waals surface area contributed by atoms with E-state index >= 15 is 0 Å². The fraction of sp³-hybridized carbons (Fsp3) is 0.200. The average molecular weight is 391 g/mol. The van der Waals surface area contributed by atoms with Crippen molar-refractivity contribution in [3.05, 3.63) is 75.1 Å². The van der Waals surface area contributed by atoms with Gasteiger partial charge in [-0.25, -0.2) is 4.98 Å². The minimum atomic E-state index is -0.533. The Hall–Kier alpha value is -3.88. The van der Waals surface area contributed by atoms with Crippen LogP contribution in [0.3, 0.4) is 0 Å². The number of ether oxygens (including phenoxy) is 1. The number of aromatic nitrogens is 5. The Morgan fingerprint density at radius 3 is 2.38 bits per heavy atom. The number of aryl methyl sites for hydroxylation is 1. The summed E-state index contributed by atoms with van der Waals surface area (Å²) < 4.78 is 7.56. The van der Waals surface area contributed by atoms with E-state index in [1.54, 1.807) is 55.6 Å². The number of benzene rings is 2. The van der Waals surface area contributed by atoms with Crippen molar-refractivity contribution < 1.29 is 9.53 Å². The number of esters is 1. The molecule has 0 N–H and O–H groups in total. The molecule has 0 aliphatic rings. The molecule has 2 heterocycles. The standard InChI is InChI=1S/C20H17N5O4/c1-24-17(21-15-8-4-2-6-13(15)19(24)27)10-11-18(26)29-12-25-20(28)14-7-3-5-9-16(14)22-23-25/h2-9H,10-12H2,1H3. The van der Waals surface area contributed by atoms with Crippen LogP contribution >= 0.6 is 0 Å². The molecule has 0 atom stereocenters. The fourth-order valence-corrected chi connectivity index (χ4v) is 3.01. The Morgan fingerprint density at radius 1 is 0.966 bits per heavy atom. The summed E-state index contributed by atoms with van der Waals surface area (Å²) in [5.74, 6) is -0.0532. The maximum atomic E-state index is 12.4. The first-order chi connectivity index (χ1) is 14.0. The predicted molar refractivity (Wildman–Crippen MR) is 105 cm³/mol. The second-order valence-corrected chi connectivity index (χ2v) is 6.47. The van der Waals surface area contributed by atoms with Crippen molar-refractivity contribution >= 4 is 27.8 Å². The van der Waals surface area contributed by atoms with E-state index in [1.807, 2.05) is 0 Å². The molecule has 0 amide bonds. The highest BCUT2D eigenvalue weighted by Crippen LogP contribution is 2.09. The van der Waals surface area contributed by atoms with Crippen molar-refractivity contribution in [2.45, 2.75) is 19.6 Å². The Labute approximate surface area is 164 Å². The molecule has 0 spiro atoms. The monoisotopic (exact) mass is 391 g/mol. The quantitative estimate of drug-likeness (QED) is 0.470. The first kappa shape index (κ1) is 18.5. The number of carbonyl (C=O) groups excluding carboxylic acids is 1. The van der Waals surface area contributed by atoms with Crippen molar-refractivity contribution in [2.75, 3.05) is 0 Å². The minimum absolute atomic E-state index is 0.00831. The topological polar surface area (TPSA) is 109 Å². The summed E-state index contributed by atoms with van der Waals surface area (Å²) in [6, 6.07) is 13.8. The number of hydrogen-bond donors (Lipinski definition) is 0. The third-order valence-electron chi connectivity index (χ3n) is 4.61. The van der Waals surface area contributed by atoms with Gasteiger partial charge in [0.2, 0.25) is 0 Å². The Morgan fingerprint density at radius 2 is 1.62 bits per heavy atom. The van der Waals surface area contributed by atoms with Gasteiger partial charge in [-0.2, -0.15) is 4.68 Å². The van der Waals surface area contributed by atoms with E-state index in [0.29, 0.717) is 27.6 Å². The number of para-hydroxylation sites is 1. The van der Waals surface area contributed by atoms with E-state index in [4.69, 9.17) is 4.74 Å². The summed E-state index contributed by atoms with van der Waals surface area (Å²) in [4.78, 5) is 41.3. The van der Waals surface area contributed by atoms with Crippen LogP contribution in [0.5, 0.6) is 0 Å². The van der Waals surface area contributed by atoms with Crippen LogP contribution in [0, 0.1) is 0 Å². The molecule has 2 aromatic carbocycles. The van der Waals surface area contributed by atoms with Crippen molar-refractivity contribution in [3.63, 3.8) is 0 Å². The summed E-state index contributed by atoms with van der Waals surface area (Å²) in [6.45, 7) is -0.334. The normalized spacial score (nSPS) is 11.1. The van der Waals surface area contributed by atoms with Crippen LogP contribution in [0.2, 0.25) is 0 Å². The first-order valence-corrected chi connectivity index (χ1v) is 8.97. The molecule has 2 aromatic heterocycles. The molecule has 0 fully saturated rings. The second kappa shape index (κ2) is 7.63. The molecule has 0 saturated carbocycles. The Kier molecular flexibility index (Phi) is 4.86. The maximum absolute atomic E-state index is 12.4. The molecule has 9 nitrogen and oxygen atoms in total. The maximum Gasteiger partial charge on any atom is 0.308 e. The van der Waals surface area contributed by atoms with Gasteiger partial charge < -0.3 is 4.74 Å².